The van der Waals surface area contributed by atoms with Crippen LogP contribution in [0.25, 0.3) is 0 Å². The minimum Gasteiger partial charge on any atom is -0.464 e. The Bertz CT molecular complexity index is 350. The van der Waals surface area contributed by atoms with Crippen LogP contribution in [0.2, 0.25) is 0 Å². The maximum atomic E-state index is 12.1. The van der Waals surface area contributed by atoms with Crippen molar-refractivity contribution in [2.45, 2.75) is 32.7 Å². The van der Waals surface area contributed by atoms with Crippen molar-refractivity contribution in [1.82, 2.24) is 5.32 Å². The minimum absolute atomic E-state index is 0.223. The number of rotatable bonds is 6. The highest BCUT2D eigenvalue weighted by molar-refractivity contribution is 5.82. The van der Waals surface area contributed by atoms with Gasteiger partial charge in [-0.15, -0.1) is 0 Å². The number of ether oxygens (including phenoxy) is 1. The largest absolute Gasteiger partial charge is 0.464 e. The Morgan fingerprint density at radius 2 is 1.94 bits per heavy atom. The van der Waals surface area contributed by atoms with Crippen molar-refractivity contribution in [3.05, 3.63) is 35.9 Å². The van der Waals surface area contributed by atoms with Gasteiger partial charge in [-0.05, 0) is 32.4 Å². The maximum absolute atomic E-state index is 12.1. The van der Waals surface area contributed by atoms with Crippen molar-refractivity contribution >= 4 is 5.97 Å². The number of nitrogens with one attached hydrogen (secondary N) is 1. The van der Waals surface area contributed by atoms with Crippen LogP contribution in [0.3, 0.4) is 0 Å². The average Bonchev–Trinajstić information content (AvgIpc) is 2.37. The molecule has 3 nitrogen and oxygen atoms in total. The number of esters is 1. The number of carbonyl (C=O) groups excluding carboxylic acids is 1. The fourth-order valence-electron chi connectivity index (χ4n) is 1.71. The minimum atomic E-state index is -0.757. The lowest BCUT2D eigenvalue weighted by molar-refractivity contribution is -0.151. The van der Waals surface area contributed by atoms with Crippen molar-refractivity contribution in [3.8, 4) is 0 Å². The molecule has 1 aromatic rings. The molecule has 1 aromatic carbocycles. The van der Waals surface area contributed by atoms with Crippen molar-refractivity contribution in [1.29, 1.82) is 0 Å². The van der Waals surface area contributed by atoms with Gasteiger partial charge < -0.3 is 4.74 Å². The summed E-state index contributed by atoms with van der Waals surface area (Å²) in [6, 6.07) is 9.69. The molecular weight excluding hydrogens is 214 g/mol. The maximum Gasteiger partial charge on any atom is 0.330 e. The van der Waals surface area contributed by atoms with Crippen molar-refractivity contribution in [2.24, 2.45) is 0 Å². The molecule has 1 rings (SSSR count). The molecule has 0 heterocycles. The highest BCUT2D eigenvalue weighted by Gasteiger charge is 2.35. The summed E-state index contributed by atoms with van der Waals surface area (Å²) in [6.07, 6.45) is 0.974. The van der Waals surface area contributed by atoms with E-state index >= 15 is 0 Å². The molecule has 0 bridgehead atoms. The molecule has 0 aliphatic heterocycles. The fraction of sp³-hybridized carbons (Fsp3) is 0.500. The Labute approximate surface area is 103 Å². The van der Waals surface area contributed by atoms with E-state index in [-0.39, 0.29) is 5.97 Å². The molecule has 1 atom stereocenters. The van der Waals surface area contributed by atoms with Gasteiger partial charge in [0, 0.05) is 0 Å². The van der Waals surface area contributed by atoms with Crippen LogP contribution in [0.5, 0.6) is 0 Å². The third-order valence-electron chi connectivity index (χ3n) is 2.76. The molecule has 17 heavy (non-hydrogen) atoms. The van der Waals surface area contributed by atoms with Gasteiger partial charge in [0.1, 0.15) is 5.54 Å². The lowest BCUT2D eigenvalue weighted by atomic mass is 9.92. The van der Waals surface area contributed by atoms with E-state index in [0.29, 0.717) is 6.61 Å². The summed E-state index contributed by atoms with van der Waals surface area (Å²) < 4.78 is 5.16. The van der Waals surface area contributed by atoms with Crippen LogP contribution in [0.1, 0.15) is 32.8 Å². The van der Waals surface area contributed by atoms with Crippen LogP contribution in [-0.4, -0.2) is 19.1 Å². The average molecular weight is 235 g/mol. The van der Waals surface area contributed by atoms with E-state index in [1.807, 2.05) is 44.2 Å². The van der Waals surface area contributed by atoms with Gasteiger partial charge >= 0.3 is 5.97 Å². The van der Waals surface area contributed by atoms with Gasteiger partial charge in [0.25, 0.3) is 0 Å². The van der Waals surface area contributed by atoms with Crippen molar-refractivity contribution in [3.63, 3.8) is 0 Å². The predicted molar refractivity (Wildman–Crippen MR) is 68.7 cm³/mol. The molecule has 1 unspecified atom stereocenters. The molecule has 0 amide bonds. The first kappa shape index (κ1) is 13.7. The molecule has 0 aromatic heterocycles. The van der Waals surface area contributed by atoms with E-state index < -0.39 is 5.54 Å². The molecule has 94 valence electrons. The zero-order valence-electron chi connectivity index (χ0n) is 10.8. The summed E-state index contributed by atoms with van der Waals surface area (Å²) >= 11 is 0. The first-order valence-electron chi connectivity index (χ1n) is 6.13. The Hall–Kier alpha value is -1.35. The van der Waals surface area contributed by atoms with E-state index in [9.17, 15) is 4.79 Å². The first-order chi connectivity index (χ1) is 8.15. The normalized spacial score (nSPS) is 14.1. The Balaban J connectivity index is 2.97. The Morgan fingerprint density at radius 1 is 1.29 bits per heavy atom. The van der Waals surface area contributed by atoms with Gasteiger partial charge in [0.05, 0.1) is 6.61 Å². The van der Waals surface area contributed by atoms with Gasteiger partial charge in [0.15, 0.2) is 0 Å². The number of hydrogen-bond donors (Lipinski definition) is 1. The van der Waals surface area contributed by atoms with E-state index in [1.54, 1.807) is 0 Å². The third kappa shape index (κ3) is 3.30. The van der Waals surface area contributed by atoms with Gasteiger partial charge in [-0.3, -0.25) is 5.32 Å². The number of hydrogen-bond acceptors (Lipinski definition) is 3. The Kier molecular flexibility index (Phi) is 5.16. The summed E-state index contributed by atoms with van der Waals surface area (Å²) in [4.78, 5) is 12.1. The van der Waals surface area contributed by atoms with Crippen LogP contribution in [0.15, 0.2) is 30.3 Å². The zero-order chi connectivity index (χ0) is 12.7. The van der Waals surface area contributed by atoms with E-state index in [1.165, 1.54) is 0 Å². The van der Waals surface area contributed by atoms with Crippen LogP contribution in [-0.2, 0) is 15.1 Å². The second-order valence-corrected chi connectivity index (χ2v) is 4.14. The number of benzene rings is 1. The second-order valence-electron chi connectivity index (χ2n) is 4.14. The van der Waals surface area contributed by atoms with E-state index in [2.05, 4.69) is 12.2 Å². The van der Waals surface area contributed by atoms with E-state index in [0.717, 1.165) is 18.5 Å². The summed E-state index contributed by atoms with van der Waals surface area (Å²) in [5.74, 6) is -0.223. The first-order valence-corrected chi connectivity index (χ1v) is 6.13. The number of carbonyl (C=O) groups is 1. The van der Waals surface area contributed by atoms with Crippen LogP contribution in [0.4, 0.5) is 0 Å². The third-order valence-corrected chi connectivity index (χ3v) is 2.76. The predicted octanol–water partition coefficient (Wildman–Crippen LogP) is 2.46. The summed E-state index contributed by atoms with van der Waals surface area (Å²) in [6.45, 7) is 6.95. The standard InChI is InChI=1S/C14H21NO2/c1-4-11-15-14(3,13(16)17-5-2)12-9-7-6-8-10-12/h6-10,15H,4-5,11H2,1-3H3. The van der Waals surface area contributed by atoms with Crippen LogP contribution in [0, 0.1) is 0 Å². The van der Waals surface area contributed by atoms with E-state index in [4.69, 9.17) is 4.74 Å². The zero-order valence-corrected chi connectivity index (χ0v) is 10.8. The van der Waals surface area contributed by atoms with Crippen LogP contribution >= 0.6 is 0 Å². The van der Waals surface area contributed by atoms with Gasteiger partial charge in [-0.1, -0.05) is 37.3 Å². The SMILES string of the molecule is CCCNC(C)(C(=O)OCC)c1ccccc1. The highest BCUT2D eigenvalue weighted by atomic mass is 16.5. The molecule has 1 N–H and O–H groups in total. The molecule has 0 aliphatic carbocycles. The molecular formula is C14H21NO2. The summed E-state index contributed by atoms with van der Waals surface area (Å²) in [5.41, 5.74) is 0.180. The molecule has 0 saturated carbocycles. The molecule has 0 spiro atoms. The molecule has 0 aliphatic rings. The monoisotopic (exact) mass is 235 g/mol. The topological polar surface area (TPSA) is 38.3 Å². The van der Waals surface area contributed by atoms with Crippen molar-refractivity contribution < 1.29 is 9.53 Å². The quantitative estimate of drug-likeness (QED) is 0.770. The molecule has 0 fully saturated rings. The lowest BCUT2D eigenvalue weighted by Crippen LogP contribution is -2.48. The van der Waals surface area contributed by atoms with Crippen LogP contribution < -0.4 is 5.32 Å². The Morgan fingerprint density at radius 3 is 2.47 bits per heavy atom. The summed E-state index contributed by atoms with van der Waals surface area (Å²) in [5, 5.41) is 3.27. The fourth-order valence-corrected chi connectivity index (χ4v) is 1.71. The van der Waals surface area contributed by atoms with Gasteiger partial charge in [0.2, 0.25) is 0 Å². The summed E-state index contributed by atoms with van der Waals surface area (Å²) in [7, 11) is 0. The lowest BCUT2D eigenvalue weighted by Gasteiger charge is -2.29. The molecule has 0 radical (unpaired) electrons. The smallest absolute Gasteiger partial charge is 0.330 e. The molecule has 3 heteroatoms. The van der Waals surface area contributed by atoms with Crippen molar-refractivity contribution in [2.75, 3.05) is 13.2 Å². The molecule has 0 saturated heterocycles. The highest BCUT2D eigenvalue weighted by Crippen LogP contribution is 2.22. The van der Waals surface area contributed by atoms with Gasteiger partial charge in [-0.2, -0.15) is 0 Å². The van der Waals surface area contributed by atoms with Gasteiger partial charge in [-0.25, -0.2) is 4.79 Å². The second kappa shape index (κ2) is 6.40.